The molecule has 0 aliphatic rings. The van der Waals surface area contributed by atoms with E-state index >= 15 is 0 Å². The standard InChI is InChI=1S/C14H13F2N3S/c1-8-2-3-9(6-18-8)7-19-11-5-4-10(14(17)20)12(15)13(11)16/h2-6,19H,7H2,1H3,(H2,17,20). The van der Waals surface area contributed by atoms with Gasteiger partial charge in [0.2, 0.25) is 0 Å². The Hall–Kier alpha value is -2.08. The van der Waals surface area contributed by atoms with Crippen molar-refractivity contribution in [2.45, 2.75) is 13.5 Å². The van der Waals surface area contributed by atoms with Gasteiger partial charge in [-0.3, -0.25) is 4.98 Å². The molecule has 0 atom stereocenters. The molecule has 2 aromatic rings. The molecule has 0 amide bonds. The molecule has 0 aliphatic heterocycles. The van der Waals surface area contributed by atoms with Crippen molar-refractivity contribution in [1.29, 1.82) is 0 Å². The van der Waals surface area contributed by atoms with Crippen LogP contribution < -0.4 is 11.1 Å². The number of nitrogens with one attached hydrogen (secondary N) is 1. The van der Waals surface area contributed by atoms with E-state index in [9.17, 15) is 8.78 Å². The van der Waals surface area contributed by atoms with Crippen molar-refractivity contribution in [1.82, 2.24) is 4.98 Å². The molecule has 6 heteroatoms. The zero-order valence-corrected chi connectivity index (χ0v) is 11.6. The summed E-state index contributed by atoms with van der Waals surface area (Å²) < 4.78 is 27.5. The first-order chi connectivity index (χ1) is 9.49. The minimum atomic E-state index is -1.04. The maximum atomic E-state index is 13.8. The second kappa shape index (κ2) is 5.92. The molecule has 0 radical (unpaired) electrons. The molecule has 3 N–H and O–H groups in total. The molecule has 0 fully saturated rings. The summed E-state index contributed by atoms with van der Waals surface area (Å²) in [5, 5.41) is 2.82. The Kier molecular flexibility index (Phi) is 4.24. The van der Waals surface area contributed by atoms with Crippen molar-refractivity contribution in [2.24, 2.45) is 5.73 Å². The number of nitrogens with two attached hydrogens (primary N) is 1. The van der Waals surface area contributed by atoms with E-state index in [1.165, 1.54) is 12.1 Å². The van der Waals surface area contributed by atoms with Gasteiger partial charge < -0.3 is 11.1 Å². The predicted molar refractivity (Wildman–Crippen MR) is 78.5 cm³/mol. The zero-order valence-electron chi connectivity index (χ0n) is 10.8. The van der Waals surface area contributed by atoms with Crippen LogP contribution in [0.3, 0.4) is 0 Å². The highest BCUT2D eigenvalue weighted by Crippen LogP contribution is 2.21. The van der Waals surface area contributed by atoms with Crippen LogP contribution in [0.2, 0.25) is 0 Å². The lowest BCUT2D eigenvalue weighted by Crippen LogP contribution is -2.14. The van der Waals surface area contributed by atoms with Crippen LogP contribution in [0, 0.1) is 18.6 Å². The molecule has 1 heterocycles. The van der Waals surface area contributed by atoms with Gasteiger partial charge in [0, 0.05) is 24.0 Å². The normalized spacial score (nSPS) is 10.3. The smallest absolute Gasteiger partial charge is 0.182 e. The third kappa shape index (κ3) is 3.08. The van der Waals surface area contributed by atoms with Crippen molar-refractivity contribution in [2.75, 3.05) is 5.32 Å². The van der Waals surface area contributed by atoms with Gasteiger partial charge in [0.25, 0.3) is 0 Å². The fourth-order valence-electron chi connectivity index (χ4n) is 1.68. The van der Waals surface area contributed by atoms with E-state index in [2.05, 4.69) is 22.5 Å². The Morgan fingerprint density at radius 3 is 2.60 bits per heavy atom. The highest BCUT2D eigenvalue weighted by atomic mass is 32.1. The Bertz CT molecular complexity index is 642. The van der Waals surface area contributed by atoms with E-state index in [0.29, 0.717) is 6.54 Å². The fourth-order valence-corrected chi connectivity index (χ4v) is 1.83. The molecule has 0 saturated heterocycles. The average molecular weight is 293 g/mol. The van der Waals surface area contributed by atoms with Crippen molar-refractivity contribution in [3.63, 3.8) is 0 Å². The number of hydrogen-bond acceptors (Lipinski definition) is 3. The first-order valence-corrected chi connectivity index (χ1v) is 6.33. The Labute approximate surface area is 120 Å². The molecule has 2 rings (SSSR count). The summed E-state index contributed by atoms with van der Waals surface area (Å²) >= 11 is 4.65. The summed E-state index contributed by atoms with van der Waals surface area (Å²) in [5.74, 6) is -2.03. The number of benzene rings is 1. The average Bonchev–Trinajstić information content (AvgIpc) is 2.42. The number of nitrogens with zero attached hydrogens (tertiary/aromatic N) is 1. The number of pyridine rings is 1. The third-order valence-electron chi connectivity index (χ3n) is 2.80. The highest BCUT2D eigenvalue weighted by Gasteiger charge is 2.14. The van der Waals surface area contributed by atoms with Gasteiger partial charge in [-0.25, -0.2) is 8.78 Å². The first-order valence-electron chi connectivity index (χ1n) is 5.92. The van der Waals surface area contributed by atoms with Crippen LogP contribution in [0.5, 0.6) is 0 Å². The van der Waals surface area contributed by atoms with Crippen LogP contribution >= 0.6 is 12.2 Å². The number of halogens is 2. The number of hydrogen-bond donors (Lipinski definition) is 2. The van der Waals surface area contributed by atoms with Crippen LogP contribution in [0.1, 0.15) is 16.8 Å². The maximum Gasteiger partial charge on any atom is 0.182 e. The minimum Gasteiger partial charge on any atom is -0.389 e. The molecular formula is C14H13F2N3S. The van der Waals surface area contributed by atoms with E-state index < -0.39 is 11.6 Å². The Balaban J connectivity index is 2.16. The van der Waals surface area contributed by atoms with Gasteiger partial charge in [-0.2, -0.15) is 0 Å². The molecule has 1 aromatic heterocycles. The SMILES string of the molecule is Cc1ccc(CNc2ccc(C(N)=S)c(F)c2F)cn1. The lowest BCUT2D eigenvalue weighted by Gasteiger charge is -2.10. The second-order valence-corrected chi connectivity index (χ2v) is 4.75. The summed E-state index contributed by atoms with van der Waals surface area (Å²) in [6.07, 6.45) is 1.68. The molecular weight excluding hydrogens is 280 g/mol. The van der Waals surface area contributed by atoms with Crippen LogP contribution in [0.15, 0.2) is 30.5 Å². The number of aryl methyl sites for hydroxylation is 1. The largest absolute Gasteiger partial charge is 0.389 e. The van der Waals surface area contributed by atoms with E-state index in [0.717, 1.165) is 11.3 Å². The molecule has 104 valence electrons. The van der Waals surface area contributed by atoms with Crippen LogP contribution in [0.25, 0.3) is 0 Å². The molecule has 0 aliphatic carbocycles. The van der Waals surface area contributed by atoms with Gasteiger partial charge in [0.1, 0.15) is 4.99 Å². The Morgan fingerprint density at radius 1 is 1.25 bits per heavy atom. The number of thiocarbonyl (C=S) groups is 1. The molecule has 1 aromatic carbocycles. The molecule has 0 bridgehead atoms. The summed E-state index contributed by atoms with van der Waals surface area (Å²) in [6, 6.07) is 6.49. The molecule has 0 spiro atoms. The summed E-state index contributed by atoms with van der Waals surface area (Å²) in [5.41, 5.74) is 7.03. The number of rotatable bonds is 4. The van der Waals surface area contributed by atoms with E-state index in [4.69, 9.17) is 5.73 Å². The van der Waals surface area contributed by atoms with Gasteiger partial charge in [0.05, 0.1) is 5.69 Å². The molecule has 0 saturated carbocycles. The summed E-state index contributed by atoms with van der Waals surface area (Å²) in [6.45, 7) is 2.22. The second-order valence-electron chi connectivity index (χ2n) is 4.31. The topological polar surface area (TPSA) is 50.9 Å². The van der Waals surface area contributed by atoms with Crippen molar-refractivity contribution < 1.29 is 8.78 Å². The van der Waals surface area contributed by atoms with Crippen molar-refractivity contribution in [3.8, 4) is 0 Å². The van der Waals surface area contributed by atoms with Crippen LogP contribution in [-0.2, 0) is 6.54 Å². The lowest BCUT2D eigenvalue weighted by molar-refractivity contribution is 0.509. The highest BCUT2D eigenvalue weighted by molar-refractivity contribution is 7.80. The van der Waals surface area contributed by atoms with Crippen LogP contribution in [-0.4, -0.2) is 9.97 Å². The van der Waals surface area contributed by atoms with Crippen molar-refractivity contribution >= 4 is 22.9 Å². The van der Waals surface area contributed by atoms with Gasteiger partial charge in [-0.05, 0) is 30.7 Å². The van der Waals surface area contributed by atoms with E-state index in [1.54, 1.807) is 6.20 Å². The number of anilines is 1. The maximum absolute atomic E-state index is 13.8. The lowest BCUT2D eigenvalue weighted by atomic mass is 10.1. The van der Waals surface area contributed by atoms with Crippen molar-refractivity contribution in [3.05, 3.63) is 58.9 Å². The molecule has 3 nitrogen and oxygen atoms in total. The summed E-state index contributed by atoms with van der Waals surface area (Å²) in [7, 11) is 0. The third-order valence-corrected chi connectivity index (χ3v) is 3.02. The zero-order chi connectivity index (χ0) is 14.7. The van der Waals surface area contributed by atoms with E-state index in [-0.39, 0.29) is 16.2 Å². The van der Waals surface area contributed by atoms with Gasteiger partial charge >= 0.3 is 0 Å². The quantitative estimate of drug-likeness (QED) is 0.851. The Morgan fingerprint density at radius 2 is 2.00 bits per heavy atom. The number of aromatic nitrogens is 1. The summed E-state index contributed by atoms with van der Waals surface area (Å²) in [4.78, 5) is 3.96. The molecule has 20 heavy (non-hydrogen) atoms. The van der Waals surface area contributed by atoms with Crippen LogP contribution in [0.4, 0.5) is 14.5 Å². The predicted octanol–water partition coefficient (Wildman–Crippen LogP) is 2.91. The monoisotopic (exact) mass is 293 g/mol. The van der Waals surface area contributed by atoms with E-state index in [1.807, 2.05) is 19.1 Å². The molecule has 0 unspecified atom stereocenters. The van der Waals surface area contributed by atoms with Gasteiger partial charge in [0.15, 0.2) is 11.6 Å². The minimum absolute atomic E-state index is 0.0584. The van der Waals surface area contributed by atoms with Gasteiger partial charge in [-0.15, -0.1) is 0 Å². The first kappa shape index (κ1) is 14.3. The van der Waals surface area contributed by atoms with Gasteiger partial charge in [-0.1, -0.05) is 18.3 Å². The fraction of sp³-hybridized carbons (Fsp3) is 0.143.